The summed E-state index contributed by atoms with van der Waals surface area (Å²) in [5.41, 5.74) is 1.48. The van der Waals surface area contributed by atoms with Gasteiger partial charge in [0.05, 0.1) is 25.2 Å². The second-order valence-electron chi connectivity index (χ2n) is 7.09. The summed E-state index contributed by atoms with van der Waals surface area (Å²) in [5, 5.41) is 10.4. The number of hydrogen-bond acceptors (Lipinski definition) is 5. The molecule has 0 spiro atoms. The van der Waals surface area contributed by atoms with E-state index in [2.05, 4.69) is 4.98 Å². The Kier molecular flexibility index (Phi) is 6.27. The molecule has 1 saturated heterocycles. The molecule has 1 amide bonds. The van der Waals surface area contributed by atoms with Crippen molar-refractivity contribution in [2.75, 3.05) is 0 Å². The van der Waals surface area contributed by atoms with Gasteiger partial charge in [-0.1, -0.05) is 47.5 Å². The highest BCUT2D eigenvalue weighted by Gasteiger charge is 2.45. The van der Waals surface area contributed by atoms with Crippen LogP contribution in [0, 0.1) is 0 Å². The number of amides is 1. The number of ether oxygens (including phenoxy) is 1. The minimum absolute atomic E-state index is 0.0513. The highest BCUT2D eigenvalue weighted by molar-refractivity contribution is 6.30. The smallest absolute Gasteiger partial charge is 0.306 e. The lowest BCUT2D eigenvalue weighted by atomic mass is 9.91. The van der Waals surface area contributed by atoms with Crippen molar-refractivity contribution in [2.45, 2.75) is 31.2 Å². The lowest BCUT2D eigenvalue weighted by Crippen LogP contribution is -2.51. The van der Waals surface area contributed by atoms with E-state index in [1.54, 1.807) is 42.5 Å². The summed E-state index contributed by atoms with van der Waals surface area (Å²) in [4.78, 5) is 30.4. The summed E-state index contributed by atoms with van der Waals surface area (Å²) in [6.45, 7) is 0.0513. The molecule has 1 fully saturated rings. The maximum Gasteiger partial charge on any atom is 0.306 e. The Hall–Kier alpha value is -2.87. The molecule has 4 rings (SSSR count). The largest absolute Gasteiger partial charge is 0.481 e. The van der Waals surface area contributed by atoms with Gasteiger partial charge in [-0.3, -0.25) is 9.59 Å². The first-order valence-electron chi connectivity index (χ1n) is 9.49. The Labute approximate surface area is 188 Å². The molecule has 0 radical (unpaired) electrons. The van der Waals surface area contributed by atoms with Crippen LogP contribution >= 0.6 is 23.2 Å². The normalized spacial score (nSPS) is 21.3. The van der Waals surface area contributed by atoms with Crippen molar-refractivity contribution in [3.8, 4) is 0 Å². The number of benzene rings is 2. The first-order valence-corrected chi connectivity index (χ1v) is 10.2. The van der Waals surface area contributed by atoms with Gasteiger partial charge in [0.2, 0.25) is 5.89 Å². The maximum absolute atomic E-state index is 13.3. The fourth-order valence-corrected chi connectivity index (χ4v) is 4.03. The number of hydrogen-bond donors (Lipinski definition) is 1. The molecule has 160 valence electrons. The Balaban J connectivity index is 1.82. The number of carboxylic acid groups (broad SMARTS) is 1. The molecule has 0 aliphatic carbocycles. The quantitative estimate of drug-likeness (QED) is 0.574. The van der Waals surface area contributed by atoms with Crippen LogP contribution in [0.3, 0.4) is 0 Å². The van der Waals surface area contributed by atoms with E-state index in [0.717, 1.165) is 5.56 Å². The molecule has 31 heavy (non-hydrogen) atoms. The molecule has 9 heteroatoms. The highest BCUT2D eigenvalue weighted by atomic mass is 35.5. The second kappa shape index (κ2) is 9.09. The standard InChI is InChI=1S/C22H18Cl2N2O5/c23-15-6-4-13(5-7-15)20-21(14-2-1-3-16(24)10-14)31-17(11-19(27)28)22(29)26(20)12-18-25-8-9-30-18/h1-10,17,20-21H,11-12H2,(H,27,28)/t17-,20+,21+/m0/s1. The second-order valence-corrected chi connectivity index (χ2v) is 7.96. The predicted molar refractivity (Wildman–Crippen MR) is 113 cm³/mol. The molecule has 1 N–H and O–H groups in total. The molecular formula is C22H18Cl2N2O5. The van der Waals surface area contributed by atoms with Gasteiger partial charge in [-0.15, -0.1) is 0 Å². The zero-order chi connectivity index (χ0) is 22.0. The molecule has 3 aromatic rings. The maximum atomic E-state index is 13.3. The van der Waals surface area contributed by atoms with E-state index in [4.69, 9.17) is 32.4 Å². The Morgan fingerprint density at radius 2 is 1.87 bits per heavy atom. The molecule has 2 heterocycles. The topological polar surface area (TPSA) is 92.9 Å². The van der Waals surface area contributed by atoms with Crippen LogP contribution in [0.1, 0.15) is 35.6 Å². The highest BCUT2D eigenvalue weighted by Crippen LogP contribution is 2.43. The fraction of sp³-hybridized carbons (Fsp3) is 0.227. The lowest BCUT2D eigenvalue weighted by Gasteiger charge is -2.44. The SMILES string of the molecule is O=C(O)C[C@@H]1O[C@H](c2cccc(Cl)c2)[C@@H](c2ccc(Cl)cc2)N(Cc2ncco2)C1=O. The number of morpholine rings is 1. The van der Waals surface area contributed by atoms with Crippen molar-refractivity contribution in [3.63, 3.8) is 0 Å². The van der Waals surface area contributed by atoms with Crippen LogP contribution in [0.15, 0.2) is 65.4 Å². The first-order chi connectivity index (χ1) is 14.9. The summed E-state index contributed by atoms with van der Waals surface area (Å²) < 4.78 is 11.4. The molecule has 1 aromatic heterocycles. The predicted octanol–water partition coefficient (Wildman–Crippen LogP) is 4.67. The number of aliphatic carboxylic acids is 1. The average molecular weight is 461 g/mol. The van der Waals surface area contributed by atoms with Crippen molar-refractivity contribution < 1.29 is 23.8 Å². The molecular weight excluding hydrogens is 443 g/mol. The minimum atomic E-state index is -1.17. The van der Waals surface area contributed by atoms with Crippen LogP contribution in [0.25, 0.3) is 0 Å². The molecule has 1 aliphatic heterocycles. The molecule has 1 aliphatic rings. The Bertz CT molecular complexity index is 1070. The van der Waals surface area contributed by atoms with Gasteiger partial charge in [0.15, 0.2) is 0 Å². The van der Waals surface area contributed by atoms with Gasteiger partial charge in [0.25, 0.3) is 5.91 Å². The van der Waals surface area contributed by atoms with Crippen molar-refractivity contribution in [1.82, 2.24) is 9.88 Å². The number of halogens is 2. The molecule has 0 saturated carbocycles. The summed E-state index contributed by atoms with van der Waals surface area (Å²) in [7, 11) is 0. The molecule has 7 nitrogen and oxygen atoms in total. The number of carbonyl (C=O) groups excluding carboxylic acids is 1. The van der Waals surface area contributed by atoms with E-state index in [0.29, 0.717) is 21.5 Å². The number of carbonyl (C=O) groups is 2. The van der Waals surface area contributed by atoms with Crippen molar-refractivity contribution in [1.29, 1.82) is 0 Å². The van der Waals surface area contributed by atoms with Crippen molar-refractivity contribution in [2.24, 2.45) is 0 Å². The van der Waals surface area contributed by atoms with Crippen LogP contribution in [0.4, 0.5) is 0 Å². The average Bonchev–Trinajstić information content (AvgIpc) is 3.24. The van der Waals surface area contributed by atoms with Gasteiger partial charge in [-0.25, -0.2) is 4.98 Å². The van der Waals surface area contributed by atoms with E-state index in [9.17, 15) is 14.7 Å². The van der Waals surface area contributed by atoms with Crippen molar-refractivity contribution >= 4 is 35.1 Å². The van der Waals surface area contributed by atoms with Crippen LogP contribution in [-0.2, 0) is 20.9 Å². The third-order valence-electron chi connectivity index (χ3n) is 5.03. The van der Waals surface area contributed by atoms with E-state index in [-0.39, 0.29) is 6.54 Å². The van der Waals surface area contributed by atoms with E-state index >= 15 is 0 Å². The Morgan fingerprint density at radius 3 is 2.52 bits per heavy atom. The lowest BCUT2D eigenvalue weighted by molar-refractivity contribution is -0.180. The number of nitrogens with zero attached hydrogens (tertiary/aromatic N) is 2. The first kappa shape index (κ1) is 21.4. The van der Waals surface area contributed by atoms with Gasteiger partial charge in [0.1, 0.15) is 18.5 Å². The number of carboxylic acids is 1. The van der Waals surface area contributed by atoms with Gasteiger partial charge in [-0.05, 0) is 35.4 Å². The third-order valence-corrected chi connectivity index (χ3v) is 5.52. The van der Waals surface area contributed by atoms with E-state index < -0.39 is 36.5 Å². The zero-order valence-electron chi connectivity index (χ0n) is 16.2. The number of rotatable bonds is 6. The Morgan fingerprint density at radius 1 is 1.10 bits per heavy atom. The summed E-state index contributed by atoms with van der Waals surface area (Å²) in [6.07, 6.45) is 0.601. The van der Waals surface area contributed by atoms with Gasteiger partial charge < -0.3 is 19.2 Å². The molecule has 0 bridgehead atoms. The van der Waals surface area contributed by atoms with Gasteiger partial charge in [0, 0.05) is 10.0 Å². The summed E-state index contributed by atoms with van der Waals surface area (Å²) >= 11 is 12.3. The molecule has 0 unspecified atom stereocenters. The summed E-state index contributed by atoms with van der Waals surface area (Å²) in [6, 6.07) is 13.6. The van der Waals surface area contributed by atoms with Crippen LogP contribution in [0.5, 0.6) is 0 Å². The number of aromatic nitrogens is 1. The number of oxazole rings is 1. The minimum Gasteiger partial charge on any atom is -0.481 e. The van der Waals surface area contributed by atoms with Crippen molar-refractivity contribution in [3.05, 3.63) is 88.1 Å². The monoisotopic (exact) mass is 460 g/mol. The van der Waals surface area contributed by atoms with Gasteiger partial charge >= 0.3 is 5.97 Å². The molecule has 2 aromatic carbocycles. The van der Waals surface area contributed by atoms with E-state index in [1.807, 2.05) is 6.07 Å². The van der Waals surface area contributed by atoms with Crippen LogP contribution in [-0.4, -0.2) is 33.0 Å². The van der Waals surface area contributed by atoms with Gasteiger partial charge in [-0.2, -0.15) is 0 Å². The molecule has 3 atom stereocenters. The van der Waals surface area contributed by atoms with Crippen LogP contribution < -0.4 is 0 Å². The van der Waals surface area contributed by atoms with Crippen LogP contribution in [0.2, 0.25) is 10.0 Å². The fourth-order valence-electron chi connectivity index (χ4n) is 3.70. The third kappa shape index (κ3) is 4.74. The zero-order valence-corrected chi connectivity index (χ0v) is 17.7. The summed E-state index contributed by atoms with van der Waals surface area (Å²) in [5.74, 6) is -1.27. The van der Waals surface area contributed by atoms with E-state index in [1.165, 1.54) is 17.4 Å².